The Morgan fingerprint density at radius 2 is 2.57 bits per heavy atom. The molecule has 1 unspecified atom stereocenters. The van der Waals surface area contributed by atoms with Crippen molar-refractivity contribution in [2.45, 2.75) is 26.1 Å². The van der Waals surface area contributed by atoms with Crippen molar-refractivity contribution in [3.63, 3.8) is 0 Å². The fourth-order valence-electron chi connectivity index (χ4n) is 1.96. The predicted molar refractivity (Wildman–Crippen MR) is 52.6 cm³/mol. The van der Waals surface area contributed by atoms with E-state index in [0.29, 0.717) is 11.6 Å². The fraction of sp³-hybridized carbons (Fsp3) is 0.700. The maximum Gasteiger partial charge on any atom is 0.131 e. The number of rotatable bonds is 3. The highest BCUT2D eigenvalue weighted by atomic mass is 19.1. The van der Waals surface area contributed by atoms with Crippen molar-refractivity contribution in [2.75, 3.05) is 13.1 Å². The summed E-state index contributed by atoms with van der Waals surface area (Å²) in [4.78, 5) is 0. The maximum atomic E-state index is 12.5. The summed E-state index contributed by atoms with van der Waals surface area (Å²) < 4.78 is 14.3. The quantitative estimate of drug-likeness (QED) is 0.792. The zero-order valence-electron chi connectivity index (χ0n) is 8.25. The van der Waals surface area contributed by atoms with E-state index in [-0.39, 0.29) is 0 Å². The smallest absolute Gasteiger partial charge is 0.131 e. The monoisotopic (exact) mass is 197 g/mol. The molecule has 1 aliphatic rings. The molecule has 0 spiro atoms. The Balaban J connectivity index is 1.95. The van der Waals surface area contributed by atoms with Crippen molar-refractivity contribution in [1.82, 2.24) is 15.1 Å². The first kappa shape index (κ1) is 9.65. The van der Waals surface area contributed by atoms with Crippen LogP contribution in [0, 0.1) is 5.92 Å². The highest BCUT2D eigenvalue weighted by molar-refractivity contribution is 4.98. The molecule has 4 heteroatoms. The molecule has 2 rings (SSSR count). The first-order valence-corrected chi connectivity index (χ1v) is 5.17. The van der Waals surface area contributed by atoms with Gasteiger partial charge in [-0.25, -0.2) is 4.39 Å². The van der Waals surface area contributed by atoms with Crippen LogP contribution in [0.5, 0.6) is 0 Å². The molecule has 14 heavy (non-hydrogen) atoms. The van der Waals surface area contributed by atoms with Gasteiger partial charge in [0.1, 0.15) is 6.67 Å². The van der Waals surface area contributed by atoms with Crippen molar-refractivity contribution < 1.29 is 4.39 Å². The van der Waals surface area contributed by atoms with Crippen molar-refractivity contribution in [3.8, 4) is 0 Å². The van der Waals surface area contributed by atoms with E-state index in [0.717, 1.165) is 19.6 Å². The summed E-state index contributed by atoms with van der Waals surface area (Å²) >= 11 is 0. The molecule has 1 aliphatic heterocycles. The molecule has 0 bridgehead atoms. The Morgan fingerprint density at radius 1 is 1.64 bits per heavy atom. The van der Waals surface area contributed by atoms with E-state index in [4.69, 9.17) is 0 Å². The van der Waals surface area contributed by atoms with Crippen LogP contribution in [-0.2, 0) is 13.2 Å². The SMILES string of the molecule is FCc1ccnn1CC1CCCNC1. The molecule has 0 amide bonds. The highest BCUT2D eigenvalue weighted by Gasteiger charge is 2.14. The van der Waals surface area contributed by atoms with Crippen LogP contribution in [0.25, 0.3) is 0 Å². The maximum absolute atomic E-state index is 12.5. The van der Waals surface area contributed by atoms with Crippen molar-refractivity contribution in [2.24, 2.45) is 5.92 Å². The van der Waals surface area contributed by atoms with Gasteiger partial charge in [-0.2, -0.15) is 5.10 Å². The molecule has 3 nitrogen and oxygen atoms in total. The molecule has 0 saturated carbocycles. The largest absolute Gasteiger partial charge is 0.316 e. The molecule has 0 aliphatic carbocycles. The standard InChI is InChI=1S/C10H16FN3/c11-6-10-3-5-13-14(10)8-9-2-1-4-12-7-9/h3,5,9,12H,1-2,4,6-8H2. The topological polar surface area (TPSA) is 29.9 Å². The summed E-state index contributed by atoms with van der Waals surface area (Å²) in [5.41, 5.74) is 0.690. The average Bonchev–Trinajstić information content (AvgIpc) is 2.67. The van der Waals surface area contributed by atoms with Gasteiger partial charge in [-0.05, 0) is 37.9 Å². The van der Waals surface area contributed by atoms with Crippen LogP contribution in [-0.4, -0.2) is 22.9 Å². The second-order valence-corrected chi connectivity index (χ2v) is 3.85. The van der Waals surface area contributed by atoms with Gasteiger partial charge in [0.2, 0.25) is 0 Å². The Kier molecular flexibility index (Phi) is 3.14. The number of nitrogens with one attached hydrogen (secondary N) is 1. The van der Waals surface area contributed by atoms with Gasteiger partial charge in [0.25, 0.3) is 0 Å². The molecule has 78 valence electrons. The number of alkyl halides is 1. The second-order valence-electron chi connectivity index (χ2n) is 3.85. The summed E-state index contributed by atoms with van der Waals surface area (Å²) in [6.07, 6.45) is 4.11. The number of hydrogen-bond acceptors (Lipinski definition) is 2. The third-order valence-corrected chi connectivity index (χ3v) is 2.77. The van der Waals surface area contributed by atoms with E-state index >= 15 is 0 Å². The summed E-state index contributed by atoms with van der Waals surface area (Å²) in [6.45, 7) is 2.58. The van der Waals surface area contributed by atoms with Crippen LogP contribution in [0.15, 0.2) is 12.3 Å². The van der Waals surface area contributed by atoms with Gasteiger partial charge in [0, 0.05) is 12.7 Å². The third kappa shape index (κ3) is 2.12. The van der Waals surface area contributed by atoms with Crippen molar-refractivity contribution >= 4 is 0 Å². The van der Waals surface area contributed by atoms with E-state index in [9.17, 15) is 4.39 Å². The molecule has 1 saturated heterocycles. The minimum Gasteiger partial charge on any atom is -0.316 e. The average molecular weight is 197 g/mol. The number of halogens is 1. The van der Waals surface area contributed by atoms with Crippen molar-refractivity contribution in [3.05, 3.63) is 18.0 Å². The van der Waals surface area contributed by atoms with E-state index < -0.39 is 6.67 Å². The van der Waals surface area contributed by atoms with Crippen LogP contribution in [0.3, 0.4) is 0 Å². The lowest BCUT2D eigenvalue weighted by Gasteiger charge is -2.23. The van der Waals surface area contributed by atoms with Crippen LogP contribution in [0.2, 0.25) is 0 Å². The molecule has 1 atom stereocenters. The molecule has 1 aromatic rings. The van der Waals surface area contributed by atoms with E-state index in [1.54, 1.807) is 16.9 Å². The first-order chi connectivity index (χ1) is 6.90. The lowest BCUT2D eigenvalue weighted by molar-refractivity contribution is 0.314. The van der Waals surface area contributed by atoms with Gasteiger partial charge in [0.15, 0.2) is 0 Å². The molecule has 1 aromatic heterocycles. The Hall–Kier alpha value is -0.900. The zero-order chi connectivity index (χ0) is 9.80. The molecular formula is C10H16FN3. The predicted octanol–water partition coefficient (Wildman–Crippen LogP) is 1.35. The first-order valence-electron chi connectivity index (χ1n) is 5.17. The van der Waals surface area contributed by atoms with Crippen LogP contribution in [0.1, 0.15) is 18.5 Å². The van der Waals surface area contributed by atoms with Crippen molar-refractivity contribution in [1.29, 1.82) is 0 Å². The normalized spacial score (nSPS) is 22.5. The fourth-order valence-corrected chi connectivity index (χ4v) is 1.96. The van der Waals surface area contributed by atoms with E-state index in [1.807, 2.05) is 0 Å². The second kappa shape index (κ2) is 4.55. The number of aromatic nitrogens is 2. The molecule has 2 heterocycles. The number of hydrogen-bond donors (Lipinski definition) is 1. The van der Waals surface area contributed by atoms with Crippen LogP contribution >= 0.6 is 0 Å². The minimum atomic E-state index is -0.417. The molecular weight excluding hydrogens is 181 g/mol. The Bertz CT molecular complexity index is 279. The summed E-state index contributed by atoms with van der Waals surface area (Å²) in [6, 6.07) is 1.75. The van der Waals surface area contributed by atoms with E-state index in [1.165, 1.54) is 12.8 Å². The molecule has 1 fully saturated rings. The zero-order valence-corrected chi connectivity index (χ0v) is 8.25. The van der Waals surface area contributed by atoms with Crippen LogP contribution in [0.4, 0.5) is 4.39 Å². The van der Waals surface area contributed by atoms with Gasteiger partial charge < -0.3 is 5.32 Å². The molecule has 1 N–H and O–H groups in total. The third-order valence-electron chi connectivity index (χ3n) is 2.77. The van der Waals surface area contributed by atoms with Gasteiger partial charge in [0.05, 0.1) is 5.69 Å². The van der Waals surface area contributed by atoms with E-state index in [2.05, 4.69) is 10.4 Å². The number of piperidine rings is 1. The summed E-state index contributed by atoms with van der Waals surface area (Å²) in [5, 5.41) is 7.48. The van der Waals surface area contributed by atoms with Gasteiger partial charge in [-0.3, -0.25) is 4.68 Å². The number of nitrogens with zero attached hydrogens (tertiary/aromatic N) is 2. The van der Waals surface area contributed by atoms with Gasteiger partial charge in [-0.15, -0.1) is 0 Å². The Labute approximate surface area is 83.3 Å². The van der Waals surface area contributed by atoms with Crippen LogP contribution < -0.4 is 5.32 Å². The molecule has 0 aromatic carbocycles. The van der Waals surface area contributed by atoms with Gasteiger partial charge >= 0.3 is 0 Å². The Morgan fingerprint density at radius 3 is 3.29 bits per heavy atom. The van der Waals surface area contributed by atoms with Gasteiger partial charge in [-0.1, -0.05) is 0 Å². The lowest BCUT2D eigenvalue weighted by Crippen LogP contribution is -2.32. The summed E-state index contributed by atoms with van der Waals surface area (Å²) in [5.74, 6) is 0.606. The molecule has 0 radical (unpaired) electrons. The minimum absolute atomic E-state index is 0.417. The lowest BCUT2D eigenvalue weighted by atomic mass is 10.00. The highest BCUT2D eigenvalue weighted by Crippen LogP contribution is 2.13. The summed E-state index contributed by atoms with van der Waals surface area (Å²) in [7, 11) is 0.